The van der Waals surface area contributed by atoms with E-state index in [1.807, 2.05) is 11.8 Å². The zero-order valence-electron chi connectivity index (χ0n) is 12.1. The maximum absolute atomic E-state index is 12.0. The number of rotatable bonds is 7. The van der Waals surface area contributed by atoms with Crippen LogP contribution in [0, 0.1) is 5.92 Å². The van der Waals surface area contributed by atoms with Gasteiger partial charge in [0, 0.05) is 25.7 Å². The van der Waals surface area contributed by atoms with E-state index in [4.69, 9.17) is 4.74 Å². The maximum Gasteiger partial charge on any atom is 0.224 e. The molecule has 4 nitrogen and oxygen atoms in total. The van der Waals surface area contributed by atoms with Crippen molar-refractivity contribution in [2.45, 2.75) is 46.1 Å². The first kappa shape index (κ1) is 15.4. The van der Waals surface area contributed by atoms with E-state index in [-0.39, 0.29) is 5.91 Å². The summed E-state index contributed by atoms with van der Waals surface area (Å²) in [5.41, 5.74) is 0. The molecule has 0 aromatic rings. The SMILES string of the molecule is CCNC1CCN(C(=O)CCOCC)CC1CC. The Bertz CT molecular complexity index is 246. The third-order valence-electron chi connectivity index (χ3n) is 3.74. The normalized spacial score (nSPS) is 24.3. The van der Waals surface area contributed by atoms with Crippen molar-refractivity contribution < 1.29 is 9.53 Å². The first-order valence-electron chi connectivity index (χ1n) is 7.31. The summed E-state index contributed by atoms with van der Waals surface area (Å²) in [7, 11) is 0. The summed E-state index contributed by atoms with van der Waals surface area (Å²) in [4.78, 5) is 14.0. The summed E-state index contributed by atoms with van der Waals surface area (Å²) in [5.74, 6) is 0.839. The quantitative estimate of drug-likeness (QED) is 0.704. The highest BCUT2D eigenvalue weighted by atomic mass is 16.5. The highest BCUT2D eigenvalue weighted by Gasteiger charge is 2.29. The van der Waals surface area contributed by atoms with Crippen LogP contribution >= 0.6 is 0 Å². The van der Waals surface area contributed by atoms with E-state index >= 15 is 0 Å². The van der Waals surface area contributed by atoms with Gasteiger partial charge in [0.05, 0.1) is 13.0 Å². The summed E-state index contributed by atoms with van der Waals surface area (Å²) in [6, 6.07) is 0.580. The van der Waals surface area contributed by atoms with Crippen LogP contribution < -0.4 is 5.32 Å². The van der Waals surface area contributed by atoms with Crippen molar-refractivity contribution >= 4 is 5.91 Å². The molecule has 18 heavy (non-hydrogen) atoms. The largest absolute Gasteiger partial charge is 0.381 e. The zero-order chi connectivity index (χ0) is 13.4. The molecular formula is C14H28N2O2. The Morgan fingerprint density at radius 1 is 1.39 bits per heavy atom. The van der Waals surface area contributed by atoms with Gasteiger partial charge in [0.2, 0.25) is 5.91 Å². The highest BCUT2D eigenvalue weighted by Crippen LogP contribution is 2.20. The van der Waals surface area contributed by atoms with Gasteiger partial charge in [0.25, 0.3) is 0 Å². The van der Waals surface area contributed by atoms with Crippen LogP contribution in [0.3, 0.4) is 0 Å². The van der Waals surface area contributed by atoms with Gasteiger partial charge in [0.15, 0.2) is 0 Å². The second-order valence-corrected chi connectivity index (χ2v) is 4.91. The molecule has 1 N–H and O–H groups in total. The molecule has 1 fully saturated rings. The van der Waals surface area contributed by atoms with Crippen LogP contribution in [-0.2, 0) is 9.53 Å². The van der Waals surface area contributed by atoms with Gasteiger partial charge >= 0.3 is 0 Å². The van der Waals surface area contributed by atoms with Crippen molar-refractivity contribution in [3.8, 4) is 0 Å². The van der Waals surface area contributed by atoms with Gasteiger partial charge in [-0.25, -0.2) is 0 Å². The van der Waals surface area contributed by atoms with E-state index in [1.54, 1.807) is 0 Å². The van der Waals surface area contributed by atoms with E-state index in [9.17, 15) is 4.79 Å². The monoisotopic (exact) mass is 256 g/mol. The molecule has 1 aliphatic heterocycles. The van der Waals surface area contributed by atoms with E-state index in [0.717, 1.165) is 32.5 Å². The Hall–Kier alpha value is -0.610. The minimum Gasteiger partial charge on any atom is -0.381 e. The predicted octanol–water partition coefficient (Wildman–Crippen LogP) is 1.65. The molecule has 0 aliphatic carbocycles. The van der Waals surface area contributed by atoms with Crippen molar-refractivity contribution in [1.29, 1.82) is 0 Å². The standard InChI is InChI=1S/C14H28N2O2/c1-4-12-11-16(9-7-13(12)15-5-2)14(17)8-10-18-6-3/h12-13,15H,4-11H2,1-3H3. The molecule has 1 saturated heterocycles. The molecule has 1 heterocycles. The van der Waals surface area contributed by atoms with Gasteiger partial charge in [-0.1, -0.05) is 20.3 Å². The molecule has 0 saturated carbocycles. The van der Waals surface area contributed by atoms with Gasteiger partial charge in [-0.2, -0.15) is 0 Å². The van der Waals surface area contributed by atoms with Gasteiger partial charge in [0.1, 0.15) is 0 Å². The first-order valence-corrected chi connectivity index (χ1v) is 7.31. The summed E-state index contributed by atoms with van der Waals surface area (Å²) < 4.78 is 5.25. The lowest BCUT2D eigenvalue weighted by atomic mass is 9.89. The molecule has 0 aromatic carbocycles. The lowest BCUT2D eigenvalue weighted by molar-refractivity contribution is -0.134. The molecule has 106 valence electrons. The van der Waals surface area contributed by atoms with Crippen LogP contribution in [-0.4, -0.2) is 49.7 Å². The summed E-state index contributed by atoms with van der Waals surface area (Å²) in [6.45, 7) is 10.4. The molecule has 4 heteroatoms. The van der Waals surface area contributed by atoms with Crippen molar-refractivity contribution in [3.63, 3.8) is 0 Å². The van der Waals surface area contributed by atoms with Crippen LogP contribution in [0.5, 0.6) is 0 Å². The number of carbonyl (C=O) groups excluding carboxylic acids is 1. The fourth-order valence-corrected chi connectivity index (χ4v) is 2.67. The number of piperidine rings is 1. The number of ether oxygens (including phenoxy) is 1. The fourth-order valence-electron chi connectivity index (χ4n) is 2.67. The molecule has 2 atom stereocenters. The van der Waals surface area contributed by atoms with Gasteiger partial charge < -0.3 is 15.0 Å². The Morgan fingerprint density at radius 3 is 2.78 bits per heavy atom. The topological polar surface area (TPSA) is 41.6 Å². The maximum atomic E-state index is 12.0. The van der Waals surface area contributed by atoms with Gasteiger partial charge in [-0.05, 0) is 25.8 Å². The molecule has 0 radical (unpaired) electrons. The number of nitrogens with zero attached hydrogens (tertiary/aromatic N) is 1. The van der Waals surface area contributed by atoms with E-state index in [2.05, 4.69) is 19.2 Å². The van der Waals surface area contributed by atoms with Crippen LogP contribution in [0.4, 0.5) is 0 Å². The van der Waals surface area contributed by atoms with Crippen molar-refractivity contribution in [2.75, 3.05) is 32.8 Å². The van der Waals surface area contributed by atoms with E-state index < -0.39 is 0 Å². The predicted molar refractivity (Wildman–Crippen MR) is 73.6 cm³/mol. The first-order chi connectivity index (χ1) is 8.72. The fraction of sp³-hybridized carbons (Fsp3) is 0.929. The number of hydrogen-bond acceptors (Lipinski definition) is 3. The van der Waals surface area contributed by atoms with Crippen LogP contribution in [0.2, 0.25) is 0 Å². The molecule has 0 aromatic heterocycles. The minimum absolute atomic E-state index is 0.247. The average molecular weight is 256 g/mol. The minimum atomic E-state index is 0.247. The van der Waals surface area contributed by atoms with Crippen LogP contribution in [0.15, 0.2) is 0 Å². The van der Waals surface area contributed by atoms with Crippen molar-refractivity contribution in [1.82, 2.24) is 10.2 Å². The average Bonchev–Trinajstić information content (AvgIpc) is 2.39. The lowest BCUT2D eigenvalue weighted by Gasteiger charge is -2.38. The number of hydrogen-bond donors (Lipinski definition) is 1. The number of nitrogens with one attached hydrogen (secondary N) is 1. The summed E-state index contributed by atoms with van der Waals surface area (Å²) >= 11 is 0. The van der Waals surface area contributed by atoms with Gasteiger partial charge in [-0.15, -0.1) is 0 Å². The molecule has 2 unspecified atom stereocenters. The summed E-state index contributed by atoms with van der Waals surface area (Å²) in [6.07, 6.45) is 2.73. The Labute approximate surface area is 111 Å². The Balaban J connectivity index is 2.38. The second-order valence-electron chi connectivity index (χ2n) is 4.91. The molecular weight excluding hydrogens is 228 g/mol. The third-order valence-corrected chi connectivity index (χ3v) is 3.74. The smallest absolute Gasteiger partial charge is 0.224 e. The van der Waals surface area contributed by atoms with Crippen LogP contribution in [0.1, 0.15) is 40.0 Å². The molecule has 1 rings (SSSR count). The van der Waals surface area contributed by atoms with Crippen LogP contribution in [0.25, 0.3) is 0 Å². The highest BCUT2D eigenvalue weighted by molar-refractivity contribution is 5.76. The number of carbonyl (C=O) groups is 1. The van der Waals surface area contributed by atoms with Crippen molar-refractivity contribution in [3.05, 3.63) is 0 Å². The molecule has 0 spiro atoms. The molecule has 1 aliphatic rings. The van der Waals surface area contributed by atoms with Gasteiger partial charge in [-0.3, -0.25) is 4.79 Å². The molecule has 0 bridgehead atoms. The Morgan fingerprint density at radius 2 is 2.17 bits per heavy atom. The summed E-state index contributed by atoms with van der Waals surface area (Å²) in [5, 5.41) is 3.53. The Kier molecular flexibility index (Phi) is 7.28. The third kappa shape index (κ3) is 4.58. The van der Waals surface area contributed by atoms with E-state index in [1.165, 1.54) is 0 Å². The number of amides is 1. The lowest BCUT2D eigenvalue weighted by Crippen LogP contribution is -2.51. The van der Waals surface area contributed by atoms with E-state index in [0.29, 0.717) is 31.6 Å². The van der Waals surface area contributed by atoms with Crippen molar-refractivity contribution in [2.24, 2.45) is 5.92 Å². The number of likely N-dealkylation sites (tertiary alicyclic amines) is 1. The molecule has 1 amide bonds. The second kappa shape index (κ2) is 8.48. The zero-order valence-corrected chi connectivity index (χ0v) is 12.1.